The number of nitrogens with one attached hydrogen (secondary N) is 1. The third-order valence-electron chi connectivity index (χ3n) is 3.92. The molecule has 0 aliphatic carbocycles. The van der Waals surface area contributed by atoms with Crippen LogP contribution in [-0.2, 0) is 11.3 Å². The van der Waals surface area contributed by atoms with Gasteiger partial charge in [0.15, 0.2) is 11.5 Å². The zero-order valence-corrected chi connectivity index (χ0v) is 18.8. The molecule has 0 bridgehead atoms. The van der Waals surface area contributed by atoms with E-state index >= 15 is 0 Å². The van der Waals surface area contributed by atoms with Gasteiger partial charge in [0.1, 0.15) is 0 Å². The molecule has 0 saturated carbocycles. The number of nitrogens with zero attached hydrogens (tertiary/aromatic N) is 1. The van der Waals surface area contributed by atoms with Crippen molar-refractivity contribution < 1.29 is 14.2 Å². The van der Waals surface area contributed by atoms with E-state index < -0.39 is 0 Å². The molecule has 0 amide bonds. The Bertz CT molecular complexity index is 504. The molecule has 2 rings (SSSR count). The summed E-state index contributed by atoms with van der Waals surface area (Å²) in [6.45, 7) is 12.0. The van der Waals surface area contributed by atoms with Crippen LogP contribution in [0, 0.1) is 0 Å². The lowest BCUT2D eigenvalue weighted by atomic mass is 10.2. The molecular weight excluding hydrogens is 443 g/mol. The van der Waals surface area contributed by atoms with Gasteiger partial charge in [-0.3, -0.25) is 4.90 Å². The molecule has 152 valence electrons. The Hall–Kier alpha value is -0.240. The third-order valence-corrected chi connectivity index (χ3v) is 4.51. The molecule has 1 N–H and O–H groups in total. The Balaban J connectivity index is 0.00000312. The number of halogens is 3. The lowest BCUT2D eigenvalue weighted by Crippen LogP contribution is -2.37. The highest BCUT2D eigenvalue weighted by Crippen LogP contribution is 2.36. The number of hydrogen-bond acceptors (Lipinski definition) is 5. The third kappa shape index (κ3) is 8.63. The first-order valence-corrected chi connectivity index (χ1v) is 9.62. The normalized spacial score (nSPS) is 14.3. The second kappa shape index (κ2) is 14.8. The van der Waals surface area contributed by atoms with Crippen LogP contribution >= 0.6 is 40.7 Å². The molecule has 1 aromatic carbocycles. The molecule has 0 unspecified atom stereocenters. The van der Waals surface area contributed by atoms with Gasteiger partial charge in [0.2, 0.25) is 0 Å². The summed E-state index contributed by atoms with van der Waals surface area (Å²) in [6.07, 6.45) is 1.15. The first kappa shape index (κ1) is 25.8. The van der Waals surface area contributed by atoms with Gasteiger partial charge in [-0.1, -0.05) is 0 Å². The van der Waals surface area contributed by atoms with Crippen LogP contribution in [0.2, 0.25) is 0 Å². The zero-order valence-electron chi connectivity index (χ0n) is 15.6. The van der Waals surface area contributed by atoms with Crippen molar-refractivity contribution >= 4 is 40.7 Å². The molecule has 0 radical (unpaired) electrons. The molecule has 1 heterocycles. The fraction of sp³-hybridized carbons (Fsp3) is 0.667. The molecule has 1 fully saturated rings. The molecule has 26 heavy (non-hydrogen) atoms. The Morgan fingerprint density at radius 1 is 1.12 bits per heavy atom. The van der Waals surface area contributed by atoms with E-state index in [1.165, 1.54) is 5.56 Å². The van der Waals surface area contributed by atoms with Gasteiger partial charge in [0.25, 0.3) is 0 Å². The monoisotopic (exact) mass is 472 g/mol. The Morgan fingerprint density at radius 3 is 2.46 bits per heavy atom. The topological polar surface area (TPSA) is 43.0 Å². The standard InChI is InChI=1S/C18H29BrN2O3.2ClH/c1-3-23-17-13-15(12-16(19)18(17)24-4-2)14-20-6-5-7-21-8-10-22-11-9-21;;/h12-13,20H,3-11,14H2,1-2H3;2*1H. The van der Waals surface area contributed by atoms with Gasteiger partial charge in [-0.25, -0.2) is 0 Å². The van der Waals surface area contributed by atoms with Gasteiger partial charge in [-0.2, -0.15) is 0 Å². The van der Waals surface area contributed by atoms with Crippen LogP contribution in [0.1, 0.15) is 25.8 Å². The van der Waals surface area contributed by atoms with E-state index in [1.54, 1.807) is 0 Å². The highest BCUT2D eigenvalue weighted by atomic mass is 79.9. The first-order chi connectivity index (χ1) is 11.7. The molecule has 1 aromatic rings. The molecular formula is C18H31BrCl2N2O3. The fourth-order valence-corrected chi connectivity index (χ4v) is 3.36. The molecule has 1 aliphatic heterocycles. The Kier molecular flexibility index (Phi) is 14.6. The van der Waals surface area contributed by atoms with Crippen LogP contribution in [-0.4, -0.2) is 57.5 Å². The Morgan fingerprint density at radius 2 is 1.81 bits per heavy atom. The van der Waals surface area contributed by atoms with Crippen molar-refractivity contribution in [2.24, 2.45) is 0 Å². The van der Waals surface area contributed by atoms with Crippen molar-refractivity contribution in [2.75, 3.05) is 52.6 Å². The molecule has 8 heteroatoms. The van der Waals surface area contributed by atoms with Crippen LogP contribution in [0.25, 0.3) is 0 Å². The van der Waals surface area contributed by atoms with E-state index in [1.807, 2.05) is 13.8 Å². The summed E-state index contributed by atoms with van der Waals surface area (Å²) in [6, 6.07) is 4.16. The molecule has 1 saturated heterocycles. The van der Waals surface area contributed by atoms with Crippen LogP contribution in [0.5, 0.6) is 11.5 Å². The maximum atomic E-state index is 5.72. The number of rotatable bonds is 10. The van der Waals surface area contributed by atoms with Gasteiger partial charge in [0.05, 0.1) is 30.9 Å². The van der Waals surface area contributed by atoms with E-state index in [4.69, 9.17) is 14.2 Å². The fourth-order valence-electron chi connectivity index (χ4n) is 2.76. The van der Waals surface area contributed by atoms with E-state index in [-0.39, 0.29) is 24.8 Å². The SMILES string of the molecule is CCOc1cc(CNCCCN2CCOCC2)cc(Br)c1OCC.Cl.Cl. The van der Waals surface area contributed by atoms with E-state index in [2.05, 4.69) is 38.3 Å². The minimum absolute atomic E-state index is 0. The van der Waals surface area contributed by atoms with Crippen molar-refractivity contribution in [3.63, 3.8) is 0 Å². The van der Waals surface area contributed by atoms with E-state index in [9.17, 15) is 0 Å². The van der Waals surface area contributed by atoms with Crippen molar-refractivity contribution in [1.29, 1.82) is 0 Å². The second-order valence-corrected chi connectivity index (χ2v) is 6.61. The van der Waals surface area contributed by atoms with Gasteiger partial charge in [0, 0.05) is 19.6 Å². The molecule has 1 aliphatic rings. The summed E-state index contributed by atoms with van der Waals surface area (Å²) in [5, 5.41) is 3.51. The summed E-state index contributed by atoms with van der Waals surface area (Å²) < 4.78 is 17.7. The van der Waals surface area contributed by atoms with Gasteiger partial charge in [-0.15, -0.1) is 24.8 Å². The predicted molar refractivity (Wildman–Crippen MR) is 115 cm³/mol. The smallest absolute Gasteiger partial charge is 0.175 e. The maximum absolute atomic E-state index is 5.72. The van der Waals surface area contributed by atoms with Crippen molar-refractivity contribution in [2.45, 2.75) is 26.8 Å². The number of ether oxygens (including phenoxy) is 3. The summed E-state index contributed by atoms with van der Waals surface area (Å²) in [7, 11) is 0. The average molecular weight is 474 g/mol. The lowest BCUT2D eigenvalue weighted by Gasteiger charge is -2.26. The van der Waals surface area contributed by atoms with E-state index in [0.717, 1.165) is 68.3 Å². The maximum Gasteiger partial charge on any atom is 0.175 e. The predicted octanol–water partition coefficient (Wildman–Crippen LogP) is 3.90. The minimum atomic E-state index is 0. The summed E-state index contributed by atoms with van der Waals surface area (Å²) >= 11 is 3.59. The summed E-state index contributed by atoms with van der Waals surface area (Å²) in [5.41, 5.74) is 1.19. The highest BCUT2D eigenvalue weighted by molar-refractivity contribution is 9.10. The summed E-state index contributed by atoms with van der Waals surface area (Å²) in [4.78, 5) is 2.46. The number of benzene rings is 1. The van der Waals surface area contributed by atoms with Gasteiger partial charge < -0.3 is 19.5 Å². The largest absolute Gasteiger partial charge is 0.490 e. The Labute approximate surface area is 178 Å². The highest BCUT2D eigenvalue weighted by Gasteiger charge is 2.12. The molecule has 5 nitrogen and oxygen atoms in total. The van der Waals surface area contributed by atoms with Crippen LogP contribution < -0.4 is 14.8 Å². The van der Waals surface area contributed by atoms with Crippen molar-refractivity contribution in [1.82, 2.24) is 10.2 Å². The van der Waals surface area contributed by atoms with E-state index in [0.29, 0.717) is 13.2 Å². The van der Waals surface area contributed by atoms with Crippen molar-refractivity contribution in [3.8, 4) is 11.5 Å². The van der Waals surface area contributed by atoms with Crippen LogP contribution in [0.15, 0.2) is 16.6 Å². The molecule has 0 aromatic heterocycles. The van der Waals surface area contributed by atoms with Gasteiger partial charge in [-0.05, 0) is 67.0 Å². The second-order valence-electron chi connectivity index (χ2n) is 5.76. The average Bonchev–Trinajstić information content (AvgIpc) is 2.59. The van der Waals surface area contributed by atoms with Crippen LogP contribution in [0.3, 0.4) is 0 Å². The van der Waals surface area contributed by atoms with Gasteiger partial charge >= 0.3 is 0 Å². The summed E-state index contributed by atoms with van der Waals surface area (Å²) in [5.74, 6) is 1.59. The molecule has 0 atom stereocenters. The first-order valence-electron chi connectivity index (χ1n) is 8.83. The van der Waals surface area contributed by atoms with Crippen LogP contribution in [0.4, 0.5) is 0 Å². The number of hydrogen-bond donors (Lipinski definition) is 1. The van der Waals surface area contributed by atoms with Crippen molar-refractivity contribution in [3.05, 3.63) is 22.2 Å². The lowest BCUT2D eigenvalue weighted by molar-refractivity contribution is 0.0374. The molecule has 0 spiro atoms. The zero-order chi connectivity index (χ0) is 17.2. The minimum Gasteiger partial charge on any atom is -0.490 e. The quantitative estimate of drug-likeness (QED) is 0.522. The number of morpholine rings is 1.